The minimum absolute atomic E-state index is 0.319. The van der Waals surface area contributed by atoms with Crippen molar-refractivity contribution >= 4 is 23.1 Å². The van der Waals surface area contributed by atoms with E-state index >= 15 is 0 Å². The molecule has 0 unspecified atom stereocenters. The molecule has 7 heteroatoms. The molecule has 6 nitrogen and oxygen atoms in total. The van der Waals surface area contributed by atoms with E-state index < -0.39 is 6.04 Å². The number of carbonyl (C=O) groups excluding carboxylic acids is 1. The fraction of sp³-hybridized carbons (Fsp3) is 0.143. The number of anilines is 2. The maximum Gasteiger partial charge on any atom is 0.261 e. The molecule has 2 heterocycles. The monoisotopic (exact) mass is 468 g/mol. The van der Waals surface area contributed by atoms with Gasteiger partial charge in [-0.2, -0.15) is 5.10 Å². The summed E-state index contributed by atoms with van der Waals surface area (Å²) in [6.07, 6.45) is 3.43. The number of ether oxygens (including phenoxy) is 1. The number of carbonyl (C=O) groups is 1. The van der Waals surface area contributed by atoms with Crippen LogP contribution in [-0.4, -0.2) is 22.3 Å². The summed E-state index contributed by atoms with van der Waals surface area (Å²) in [5.41, 5.74) is 4.31. The second-order valence-corrected chi connectivity index (χ2v) is 8.30. The smallest absolute Gasteiger partial charge is 0.261 e. The fourth-order valence-corrected chi connectivity index (χ4v) is 4.10. The van der Waals surface area contributed by atoms with Crippen molar-refractivity contribution in [2.24, 2.45) is 0 Å². The summed E-state index contributed by atoms with van der Waals surface area (Å²) in [7, 11) is 0. The minimum atomic E-state index is -0.518. The molecule has 0 fully saturated rings. The Balaban J connectivity index is 1.51. The van der Waals surface area contributed by atoms with Crippen LogP contribution in [0.2, 0.25) is 0 Å². The van der Waals surface area contributed by atoms with Gasteiger partial charge in [-0.05, 0) is 55.8 Å². The second kappa shape index (κ2) is 9.46. The lowest BCUT2D eigenvalue weighted by molar-refractivity contribution is 0.102. The molecule has 1 aliphatic rings. The van der Waals surface area contributed by atoms with Gasteiger partial charge in [0.1, 0.15) is 29.0 Å². The van der Waals surface area contributed by atoms with Crippen molar-refractivity contribution in [3.05, 3.63) is 113 Å². The zero-order valence-corrected chi connectivity index (χ0v) is 19.5. The van der Waals surface area contributed by atoms with Gasteiger partial charge in [0, 0.05) is 16.9 Å². The summed E-state index contributed by atoms with van der Waals surface area (Å²) in [5, 5.41) is 10.7. The number of fused-ring (bicyclic) bond motifs is 1. The van der Waals surface area contributed by atoms with E-state index in [1.54, 1.807) is 47.1 Å². The highest BCUT2D eigenvalue weighted by molar-refractivity contribution is 6.08. The molecule has 0 spiro atoms. The summed E-state index contributed by atoms with van der Waals surface area (Å²) in [4.78, 5) is 13.2. The van der Waals surface area contributed by atoms with E-state index in [1.807, 2.05) is 44.2 Å². The lowest BCUT2D eigenvalue weighted by Gasteiger charge is -2.26. The number of amides is 1. The van der Waals surface area contributed by atoms with Crippen molar-refractivity contribution in [2.75, 3.05) is 17.2 Å². The van der Waals surface area contributed by atoms with Crippen molar-refractivity contribution in [3.63, 3.8) is 0 Å². The number of hydrogen-bond donors (Lipinski definition) is 2. The van der Waals surface area contributed by atoms with Crippen molar-refractivity contribution < 1.29 is 13.9 Å². The molecule has 2 N–H and O–H groups in total. The Morgan fingerprint density at radius 3 is 2.54 bits per heavy atom. The van der Waals surface area contributed by atoms with Crippen LogP contribution in [0.25, 0.3) is 5.70 Å². The van der Waals surface area contributed by atoms with E-state index in [0.29, 0.717) is 29.2 Å². The van der Waals surface area contributed by atoms with Crippen LogP contribution in [0, 0.1) is 12.7 Å². The third kappa shape index (κ3) is 4.53. The summed E-state index contributed by atoms with van der Waals surface area (Å²) in [6.45, 7) is 4.51. The van der Waals surface area contributed by atoms with Gasteiger partial charge in [-0.3, -0.25) is 4.79 Å². The van der Waals surface area contributed by atoms with Gasteiger partial charge >= 0.3 is 0 Å². The maximum atomic E-state index is 14.8. The first-order valence-electron chi connectivity index (χ1n) is 11.5. The van der Waals surface area contributed by atoms with E-state index in [1.165, 1.54) is 12.3 Å². The third-order valence-corrected chi connectivity index (χ3v) is 5.89. The molecule has 1 atom stereocenters. The molecule has 5 rings (SSSR count). The molecule has 1 aliphatic heterocycles. The first kappa shape index (κ1) is 22.4. The Hall–Kier alpha value is -4.39. The predicted octanol–water partition coefficient (Wildman–Crippen LogP) is 6.04. The van der Waals surface area contributed by atoms with Crippen LogP contribution in [0.3, 0.4) is 0 Å². The van der Waals surface area contributed by atoms with E-state index in [0.717, 1.165) is 22.6 Å². The van der Waals surface area contributed by atoms with Crippen molar-refractivity contribution in [1.29, 1.82) is 0 Å². The van der Waals surface area contributed by atoms with Crippen LogP contribution in [0.15, 0.2) is 85.1 Å². The molecule has 0 aliphatic carbocycles. The van der Waals surface area contributed by atoms with Gasteiger partial charge in [0.15, 0.2) is 0 Å². The number of nitrogens with zero attached hydrogens (tertiary/aromatic N) is 2. The Kier molecular flexibility index (Phi) is 6.06. The number of benzene rings is 3. The second-order valence-electron chi connectivity index (χ2n) is 8.30. The van der Waals surface area contributed by atoms with Crippen LogP contribution < -0.4 is 15.4 Å². The van der Waals surface area contributed by atoms with Gasteiger partial charge in [0.2, 0.25) is 0 Å². The predicted molar refractivity (Wildman–Crippen MR) is 135 cm³/mol. The highest BCUT2D eigenvalue weighted by Gasteiger charge is 2.29. The number of halogens is 1. The molecule has 1 amide bonds. The molecule has 0 saturated heterocycles. The highest BCUT2D eigenvalue weighted by atomic mass is 19.1. The van der Waals surface area contributed by atoms with Crippen LogP contribution in [0.5, 0.6) is 5.75 Å². The molecule has 1 aromatic heterocycles. The first-order valence-corrected chi connectivity index (χ1v) is 11.5. The van der Waals surface area contributed by atoms with Gasteiger partial charge < -0.3 is 15.4 Å². The number of aryl methyl sites for hydroxylation is 1. The van der Waals surface area contributed by atoms with E-state index in [2.05, 4.69) is 15.7 Å². The molecule has 0 saturated carbocycles. The molecular formula is C28H25FN4O2. The average Bonchev–Trinajstić information content (AvgIpc) is 3.30. The first-order chi connectivity index (χ1) is 17.0. The van der Waals surface area contributed by atoms with E-state index in [9.17, 15) is 9.18 Å². The lowest BCUT2D eigenvalue weighted by Crippen LogP contribution is -2.22. The molecular weight excluding hydrogens is 443 g/mol. The molecule has 3 aromatic carbocycles. The topological polar surface area (TPSA) is 68.2 Å². The normalized spacial score (nSPS) is 14.5. The largest absolute Gasteiger partial charge is 0.494 e. The Bertz CT molecular complexity index is 1390. The summed E-state index contributed by atoms with van der Waals surface area (Å²) in [5.74, 6) is 0.580. The maximum absolute atomic E-state index is 14.8. The Morgan fingerprint density at radius 2 is 1.83 bits per heavy atom. The van der Waals surface area contributed by atoms with Crippen molar-refractivity contribution in [3.8, 4) is 5.75 Å². The lowest BCUT2D eigenvalue weighted by atomic mass is 10.00. The number of hydrogen-bond acceptors (Lipinski definition) is 4. The van der Waals surface area contributed by atoms with Crippen molar-refractivity contribution in [1.82, 2.24) is 9.78 Å². The third-order valence-electron chi connectivity index (χ3n) is 5.89. The van der Waals surface area contributed by atoms with Crippen LogP contribution in [-0.2, 0) is 0 Å². The van der Waals surface area contributed by atoms with Crippen LogP contribution in [0.1, 0.15) is 40.0 Å². The average molecular weight is 469 g/mol. The molecule has 176 valence electrons. The van der Waals surface area contributed by atoms with Gasteiger partial charge in [-0.1, -0.05) is 48.0 Å². The number of allylic oxidation sites excluding steroid dienone is 1. The summed E-state index contributed by atoms with van der Waals surface area (Å²) in [6, 6.07) is 21.3. The van der Waals surface area contributed by atoms with Gasteiger partial charge in [0.25, 0.3) is 5.91 Å². The molecule has 35 heavy (non-hydrogen) atoms. The molecule has 4 aromatic rings. The fourth-order valence-electron chi connectivity index (χ4n) is 4.10. The molecule has 0 bridgehead atoms. The van der Waals surface area contributed by atoms with Crippen LogP contribution in [0.4, 0.5) is 15.9 Å². The Labute approximate surface area is 203 Å². The van der Waals surface area contributed by atoms with E-state index in [4.69, 9.17) is 4.74 Å². The number of aromatic nitrogens is 2. The zero-order valence-electron chi connectivity index (χ0n) is 19.5. The summed E-state index contributed by atoms with van der Waals surface area (Å²) >= 11 is 0. The minimum Gasteiger partial charge on any atom is -0.494 e. The van der Waals surface area contributed by atoms with Crippen LogP contribution >= 0.6 is 0 Å². The molecule has 0 radical (unpaired) electrons. The Morgan fingerprint density at radius 1 is 1.09 bits per heavy atom. The number of nitrogens with one attached hydrogen (secondary N) is 2. The van der Waals surface area contributed by atoms with Gasteiger partial charge in [-0.15, -0.1) is 0 Å². The quantitative estimate of drug-likeness (QED) is 0.362. The SMILES string of the molecule is CCOc1ccc(NC(=O)c2cnn3c2NC(c2ccc(C)cc2)=C[C@H]3c2ccccc2F)cc1. The highest BCUT2D eigenvalue weighted by Crippen LogP contribution is 2.36. The van der Waals surface area contributed by atoms with Gasteiger partial charge in [-0.25, -0.2) is 9.07 Å². The van der Waals surface area contributed by atoms with E-state index in [-0.39, 0.29) is 11.7 Å². The summed E-state index contributed by atoms with van der Waals surface area (Å²) < 4.78 is 21.9. The standard InChI is InChI=1S/C28H25FN4O2/c1-3-35-21-14-12-20(13-15-21)31-28(34)23-17-30-33-26(22-6-4-5-7-24(22)29)16-25(32-27(23)33)19-10-8-18(2)9-11-19/h4-17,26,32H,3H2,1-2H3,(H,31,34)/t26-/m0/s1. The van der Waals surface area contributed by atoms with Gasteiger partial charge in [0.05, 0.1) is 12.8 Å². The zero-order chi connectivity index (χ0) is 24.4. The number of rotatable bonds is 6. The van der Waals surface area contributed by atoms with Crippen molar-refractivity contribution in [2.45, 2.75) is 19.9 Å².